The summed E-state index contributed by atoms with van der Waals surface area (Å²) in [7, 11) is 0. The molecule has 0 bridgehead atoms. The van der Waals surface area contributed by atoms with Gasteiger partial charge in [-0.3, -0.25) is 5.10 Å². The molecule has 2 unspecified atom stereocenters. The lowest BCUT2D eigenvalue weighted by Gasteiger charge is -2.24. The van der Waals surface area contributed by atoms with Crippen molar-refractivity contribution >= 4 is 29.7 Å². The number of nitrogens with one attached hydrogen (secondary N) is 2. The summed E-state index contributed by atoms with van der Waals surface area (Å²) < 4.78 is 27.5. The predicted molar refractivity (Wildman–Crippen MR) is 107 cm³/mol. The Morgan fingerprint density at radius 2 is 2.03 bits per heavy atom. The number of hydrogen-bond donors (Lipinski definition) is 3. The molecular formula is C19H20F2N8. The average Bonchev–Trinajstić information content (AvgIpc) is 3.28. The predicted octanol–water partition coefficient (Wildman–Crippen LogP) is 3.38. The van der Waals surface area contributed by atoms with Gasteiger partial charge in [0.25, 0.3) is 0 Å². The minimum absolute atomic E-state index is 0.00174. The molecule has 2 aromatic heterocycles. The molecule has 0 aliphatic carbocycles. The van der Waals surface area contributed by atoms with Crippen LogP contribution < -0.4 is 16.0 Å². The summed E-state index contributed by atoms with van der Waals surface area (Å²) in [5, 5.41) is 9.96. The first kappa shape index (κ1) is 18.8. The first-order valence-electron chi connectivity index (χ1n) is 9.14. The summed E-state index contributed by atoms with van der Waals surface area (Å²) in [6.07, 6.45) is 2.94. The third-order valence-corrected chi connectivity index (χ3v) is 4.59. The van der Waals surface area contributed by atoms with Gasteiger partial charge < -0.3 is 16.0 Å². The van der Waals surface area contributed by atoms with Gasteiger partial charge in [0, 0.05) is 12.5 Å². The van der Waals surface area contributed by atoms with Crippen molar-refractivity contribution in [2.45, 2.75) is 25.6 Å². The van der Waals surface area contributed by atoms with E-state index in [1.54, 1.807) is 23.1 Å². The Kier molecular flexibility index (Phi) is 5.07. The number of anilines is 4. The van der Waals surface area contributed by atoms with Gasteiger partial charge in [-0.25, -0.2) is 8.78 Å². The van der Waals surface area contributed by atoms with E-state index in [9.17, 15) is 8.78 Å². The van der Waals surface area contributed by atoms with Crippen LogP contribution in [0, 0.1) is 5.82 Å². The molecule has 3 heterocycles. The number of nitrogens with two attached hydrogens (primary N) is 1. The topological polar surface area (TPSA) is 109 Å². The Morgan fingerprint density at radius 1 is 1.24 bits per heavy atom. The summed E-state index contributed by atoms with van der Waals surface area (Å²) in [6.45, 7) is 2.01. The summed E-state index contributed by atoms with van der Waals surface area (Å²) in [5.41, 5.74) is 7.45. The number of halogens is 2. The highest BCUT2D eigenvalue weighted by Gasteiger charge is 2.35. The zero-order valence-corrected chi connectivity index (χ0v) is 15.7. The second-order valence-electron chi connectivity index (χ2n) is 6.70. The second-order valence-corrected chi connectivity index (χ2v) is 6.70. The molecule has 4 N–H and O–H groups in total. The molecule has 1 saturated heterocycles. The minimum Gasteiger partial charge on any atom is -0.368 e. The Balaban J connectivity index is 1.62. The zero-order chi connectivity index (χ0) is 20.4. The van der Waals surface area contributed by atoms with Gasteiger partial charge in [0.15, 0.2) is 5.82 Å². The van der Waals surface area contributed by atoms with Gasteiger partial charge in [-0.05, 0) is 30.7 Å². The third kappa shape index (κ3) is 4.15. The van der Waals surface area contributed by atoms with Crippen LogP contribution >= 0.6 is 0 Å². The Hall–Kier alpha value is -3.56. The van der Waals surface area contributed by atoms with E-state index in [4.69, 9.17) is 5.73 Å². The number of nitrogens with zero attached hydrogens (tertiary/aromatic N) is 5. The molecule has 0 spiro atoms. The van der Waals surface area contributed by atoms with E-state index in [1.807, 2.05) is 19.1 Å². The largest absolute Gasteiger partial charge is 0.368 e. The summed E-state index contributed by atoms with van der Waals surface area (Å²) in [4.78, 5) is 14.4. The molecule has 4 rings (SSSR count). The number of rotatable bonds is 5. The van der Waals surface area contributed by atoms with Crippen LogP contribution in [-0.2, 0) is 0 Å². The fraction of sp³-hybridized carbons (Fsp3) is 0.263. The van der Waals surface area contributed by atoms with Crippen molar-refractivity contribution in [2.75, 3.05) is 22.5 Å². The number of hydrogen-bond acceptors (Lipinski definition) is 7. The van der Waals surface area contributed by atoms with Crippen molar-refractivity contribution in [3.05, 3.63) is 53.5 Å². The lowest BCUT2D eigenvalue weighted by atomic mass is 10.0. The molecule has 8 nitrogen and oxygen atoms in total. The number of alkyl halides is 1. The highest BCUT2D eigenvalue weighted by molar-refractivity contribution is 5.56. The number of aromatic nitrogens is 5. The number of nitrogen functional groups attached to an aromatic ring is 1. The number of allylic oxidation sites excluding steroid dienone is 1. The average molecular weight is 398 g/mol. The third-order valence-electron chi connectivity index (χ3n) is 4.59. The van der Waals surface area contributed by atoms with Crippen LogP contribution in [0.25, 0.3) is 6.08 Å². The van der Waals surface area contributed by atoms with Gasteiger partial charge >= 0.3 is 0 Å². The van der Waals surface area contributed by atoms with E-state index in [1.165, 1.54) is 12.1 Å². The normalized spacial score (nSPS) is 19.2. The van der Waals surface area contributed by atoms with Crippen LogP contribution in [0.5, 0.6) is 0 Å². The number of benzene rings is 1. The molecule has 3 aromatic rings. The van der Waals surface area contributed by atoms with Crippen molar-refractivity contribution in [1.82, 2.24) is 25.1 Å². The maximum Gasteiger partial charge on any atom is 0.235 e. The summed E-state index contributed by atoms with van der Waals surface area (Å²) in [6, 6.07) is 7.45. The minimum atomic E-state index is -1.06. The second kappa shape index (κ2) is 7.82. The molecule has 29 heavy (non-hydrogen) atoms. The molecule has 1 fully saturated rings. The molecule has 1 aliphatic rings. The van der Waals surface area contributed by atoms with Crippen LogP contribution in [0.3, 0.4) is 0 Å². The van der Waals surface area contributed by atoms with Gasteiger partial charge in [-0.1, -0.05) is 18.2 Å². The van der Waals surface area contributed by atoms with Gasteiger partial charge in [0.05, 0.1) is 18.3 Å². The van der Waals surface area contributed by atoms with Gasteiger partial charge in [-0.2, -0.15) is 20.1 Å². The fourth-order valence-corrected chi connectivity index (χ4v) is 3.35. The van der Waals surface area contributed by atoms with E-state index in [0.29, 0.717) is 5.82 Å². The highest BCUT2D eigenvalue weighted by atomic mass is 19.1. The molecule has 1 aliphatic heterocycles. The fourth-order valence-electron chi connectivity index (χ4n) is 3.35. The van der Waals surface area contributed by atoms with Crippen LogP contribution in [0.15, 0.2) is 36.4 Å². The maximum atomic E-state index is 14.2. The van der Waals surface area contributed by atoms with Crippen LogP contribution in [0.1, 0.15) is 30.6 Å². The van der Waals surface area contributed by atoms with Gasteiger partial charge in [0.2, 0.25) is 17.8 Å². The Morgan fingerprint density at radius 3 is 2.79 bits per heavy atom. The smallest absolute Gasteiger partial charge is 0.235 e. The summed E-state index contributed by atoms with van der Waals surface area (Å²) in [5.74, 6) is 0.614. The maximum absolute atomic E-state index is 14.2. The quantitative estimate of drug-likeness (QED) is 0.604. The molecule has 150 valence electrons. The van der Waals surface area contributed by atoms with Crippen LogP contribution in [-0.4, -0.2) is 37.9 Å². The first-order valence-corrected chi connectivity index (χ1v) is 9.14. The van der Waals surface area contributed by atoms with Crippen molar-refractivity contribution in [1.29, 1.82) is 0 Å². The lowest BCUT2D eigenvalue weighted by Crippen LogP contribution is -2.26. The van der Waals surface area contributed by atoms with Crippen molar-refractivity contribution in [2.24, 2.45) is 0 Å². The number of aromatic amines is 1. The summed E-state index contributed by atoms with van der Waals surface area (Å²) >= 11 is 0. The SMILES string of the molecule is C/C=C/c1cc(Nc2nc(N)nc(N3CC(F)CC3c3ccc(F)cc3)n2)n[nH]1. The highest BCUT2D eigenvalue weighted by Crippen LogP contribution is 2.36. The molecule has 10 heteroatoms. The van der Waals surface area contributed by atoms with E-state index in [2.05, 4.69) is 30.5 Å². The Labute approximate surface area is 165 Å². The standard InChI is InChI=1S/C19H20F2N8/c1-2-3-14-9-16(28-27-14)23-18-24-17(22)25-19(26-18)29-10-13(21)8-15(29)11-4-6-12(20)7-5-11/h2-7,9,13,15H,8,10H2,1H3,(H4,22,23,24,25,26,27,28)/b3-2+. The molecule has 0 radical (unpaired) electrons. The molecule has 1 aromatic carbocycles. The molecule has 0 amide bonds. The molecule has 0 saturated carbocycles. The van der Waals surface area contributed by atoms with Crippen LogP contribution in [0.2, 0.25) is 0 Å². The molecule has 2 atom stereocenters. The van der Waals surface area contributed by atoms with Crippen molar-refractivity contribution in [3.8, 4) is 0 Å². The van der Waals surface area contributed by atoms with Crippen molar-refractivity contribution < 1.29 is 8.78 Å². The van der Waals surface area contributed by atoms with Crippen molar-refractivity contribution in [3.63, 3.8) is 0 Å². The van der Waals surface area contributed by atoms with Gasteiger partial charge in [-0.15, -0.1) is 0 Å². The van der Waals surface area contributed by atoms with E-state index < -0.39 is 6.17 Å². The zero-order valence-electron chi connectivity index (χ0n) is 15.7. The molecular weight excluding hydrogens is 378 g/mol. The van der Waals surface area contributed by atoms with E-state index in [-0.39, 0.29) is 42.7 Å². The van der Waals surface area contributed by atoms with E-state index >= 15 is 0 Å². The first-order chi connectivity index (χ1) is 14.0. The monoisotopic (exact) mass is 398 g/mol. The van der Waals surface area contributed by atoms with Gasteiger partial charge in [0.1, 0.15) is 12.0 Å². The number of H-pyrrole nitrogens is 1. The van der Waals surface area contributed by atoms with E-state index in [0.717, 1.165) is 11.3 Å². The van der Waals surface area contributed by atoms with Crippen LogP contribution in [0.4, 0.5) is 32.4 Å². The Bertz CT molecular complexity index is 1020. The lowest BCUT2D eigenvalue weighted by molar-refractivity contribution is 0.357.